The number of nitrogens with one attached hydrogen (secondary N) is 9. The van der Waals surface area contributed by atoms with Crippen molar-refractivity contribution in [1.82, 2.24) is 73.0 Å². The van der Waals surface area contributed by atoms with Crippen LogP contribution in [0.4, 0.5) is 0 Å². The number of aryl methyl sites for hydroxylation is 1. The Balaban J connectivity index is 2.43. The Morgan fingerprint density at radius 1 is 0.459 bits per heavy atom. The second kappa shape index (κ2) is 55.6. The molecule has 7 atom stereocenters. The number of ether oxygens (including phenoxy) is 4. The smallest absolute Gasteiger partial charge is 0.246 e. The van der Waals surface area contributed by atoms with Gasteiger partial charge in [0.05, 0.1) is 59.4 Å². The molecular formula is C63H114N16O19. The average molecular weight is 1400 g/mol. The van der Waals surface area contributed by atoms with E-state index in [9.17, 15) is 72.9 Å². The van der Waals surface area contributed by atoms with E-state index in [1.165, 1.54) is 57.8 Å². The van der Waals surface area contributed by atoms with Gasteiger partial charge in [0.15, 0.2) is 11.6 Å². The first-order chi connectivity index (χ1) is 46.9. The van der Waals surface area contributed by atoms with E-state index in [-0.39, 0.29) is 89.7 Å². The third-order valence-corrected chi connectivity index (χ3v) is 15.6. The number of primary amides is 2. The summed E-state index contributed by atoms with van der Waals surface area (Å²) >= 11 is 0. The summed E-state index contributed by atoms with van der Waals surface area (Å²) < 4.78 is 21.5. The minimum Gasteiger partial charge on any atom is -0.394 e. The Morgan fingerprint density at radius 3 is 1.37 bits per heavy atom. The molecule has 0 bridgehead atoms. The van der Waals surface area contributed by atoms with E-state index in [4.69, 9.17) is 30.4 Å². The van der Waals surface area contributed by atoms with Crippen LogP contribution in [0, 0.1) is 0 Å². The number of hydrogen-bond donors (Lipinski definition) is 14. The topological polar surface area (TPSA) is 512 Å². The van der Waals surface area contributed by atoms with Crippen molar-refractivity contribution in [1.29, 1.82) is 0 Å². The molecule has 1 heterocycles. The highest BCUT2D eigenvalue weighted by molar-refractivity contribution is 5.98. The molecule has 16 N–H and O–H groups in total. The number of unbranched alkanes of at least 4 members (excludes halogenated alkanes) is 12. The molecule has 35 nitrogen and oxygen atoms in total. The van der Waals surface area contributed by atoms with Gasteiger partial charge in [-0.15, -0.1) is 10.2 Å². The maximum atomic E-state index is 13.8. The van der Waals surface area contributed by atoms with Crippen LogP contribution in [-0.2, 0) is 82.9 Å². The minimum atomic E-state index is -1.82. The third-order valence-electron chi connectivity index (χ3n) is 15.6. The Hall–Kier alpha value is -7.25. The van der Waals surface area contributed by atoms with Crippen LogP contribution in [0.15, 0.2) is 0 Å². The molecule has 1 aromatic heterocycles. The van der Waals surface area contributed by atoms with Gasteiger partial charge in [0.25, 0.3) is 0 Å². The largest absolute Gasteiger partial charge is 0.394 e. The second-order valence-electron chi connectivity index (χ2n) is 24.4. The van der Waals surface area contributed by atoms with Crippen LogP contribution >= 0.6 is 0 Å². The summed E-state index contributed by atoms with van der Waals surface area (Å²) in [6, 6.07) is -9.57. The first-order valence-electron chi connectivity index (χ1n) is 34.0. The number of aliphatic hydroxyl groups is 3. The zero-order valence-electron chi connectivity index (χ0n) is 58.2. The lowest BCUT2D eigenvalue weighted by Crippen LogP contribution is -2.61. The molecular weight excluding hydrogens is 1280 g/mol. The summed E-state index contributed by atoms with van der Waals surface area (Å²) in [6.45, 7) is -0.973. The van der Waals surface area contributed by atoms with Crippen molar-refractivity contribution >= 4 is 70.6 Å². The van der Waals surface area contributed by atoms with Gasteiger partial charge in [-0.25, -0.2) is 0 Å². The number of carbonyl (C=O) groups excluding carboxylic acids is 12. The number of Topliss-reactive ketones (excluding diaryl/α,β-unsaturated/α-hetero) is 2. The molecule has 0 fully saturated rings. The molecule has 0 unspecified atom stereocenters. The molecule has 0 aromatic carbocycles. The highest BCUT2D eigenvalue weighted by atomic mass is 16.5. The molecule has 0 aliphatic heterocycles. The normalized spacial score (nSPS) is 13.4. The number of aliphatic hydroxyl groups excluding tert-OH is 3. The Kier molecular flexibility index (Phi) is 50.4. The van der Waals surface area contributed by atoms with Crippen molar-refractivity contribution in [2.24, 2.45) is 11.5 Å². The second-order valence-corrected chi connectivity index (χ2v) is 24.4. The lowest BCUT2D eigenvalue weighted by Gasteiger charge is -2.27. The van der Waals surface area contributed by atoms with E-state index >= 15 is 0 Å². The Labute approximate surface area is 574 Å². The fourth-order valence-corrected chi connectivity index (χ4v) is 9.42. The summed E-state index contributed by atoms with van der Waals surface area (Å²) in [5, 5.41) is 63.1. The number of amides is 10. The van der Waals surface area contributed by atoms with Crippen LogP contribution in [0.3, 0.4) is 0 Å². The fourth-order valence-electron chi connectivity index (χ4n) is 9.42. The van der Waals surface area contributed by atoms with E-state index in [0.29, 0.717) is 32.3 Å². The first kappa shape index (κ1) is 88.8. The number of nitrogens with two attached hydrogens (primary N) is 2. The van der Waals surface area contributed by atoms with Crippen LogP contribution in [-0.4, -0.2) is 279 Å². The van der Waals surface area contributed by atoms with Crippen molar-refractivity contribution in [2.45, 2.75) is 203 Å². The van der Waals surface area contributed by atoms with Crippen LogP contribution < -0.4 is 54.0 Å². The molecule has 35 heteroatoms. The molecule has 0 radical (unpaired) electrons. The van der Waals surface area contributed by atoms with Gasteiger partial charge in [0.1, 0.15) is 55.2 Å². The molecule has 0 aliphatic rings. The van der Waals surface area contributed by atoms with Crippen LogP contribution in [0.1, 0.15) is 160 Å². The van der Waals surface area contributed by atoms with Crippen molar-refractivity contribution in [2.75, 3.05) is 121 Å². The zero-order valence-corrected chi connectivity index (χ0v) is 58.2. The number of hydrogen-bond acceptors (Lipinski definition) is 24. The minimum absolute atomic E-state index is 0.000235. The molecule has 10 amide bonds. The predicted molar refractivity (Wildman–Crippen MR) is 356 cm³/mol. The first-order valence-corrected chi connectivity index (χ1v) is 34.0. The van der Waals surface area contributed by atoms with Crippen molar-refractivity contribution in [3.63, 3.8) is 0 Å². The molecule has 560 valence electrons. The van der Waals surface area contributed by atoms with E-state index in [1.807, 2.05) is 25.9 Å². The van der Waals surface area contributed by atoms with Crippen molar-refractivity contribution < 1.29 is 91.8 Å². The number of H-pyrrole nitrogens is 1. The van der Waals surface area contributed by atoms with E-state index in [1.54, 1.807) is 19.0 Å². The van der Waals surface area contributed by atoms with Gasteiger partial charge in [-0.2, -0.15) is 5.21 Å². The molecule has 0 saturated carbocycles. The maximum Gasteiger partial charge on any atom is 0.246 e. The highest BCUT2D eigenvalue weighted by Crippen LogP contribution is 2.15. The molecule has 0 saturated heterocycles. The molecule has 1 aromatic rings. The van der Waals surface area contributed by atoms with Gasteiger partial charge in [0.2, 0.25) is 59.1 Å². The highest BCUT2D eigenvalue weighted by Gasteiger charge is 2.34. The Bertz CT molecular complexity index is 2480. The van der Waals surface area contributed by atoms with E-state index in [0.717, 1.165) is 37.9 Å². The van der Waals surface area contributed by atoms with Crippen molar-refractivity contribution in [3.05, 3.63) is 5.82 Å². The van der Waals surface area contributed by atoms with E-state index in [2.05, 4.69) is 63.2 Å². The van der Waals surface area contributed by atoms with Gasteiger partial charge in [-0.3, -0.25) is 57.5 Å². The maximum absolute atomic E-state index is 13.8. The van der Waals surface area contributed by atoms with Gasteiger partial charge in [-0.1, -0.05) is 75.8 Å². The number of rotatable bonds is 63. The number of aromatic nitrogens is 4. The number of nitrogens with zero attached hydrogens (tertiary/aromatic N) is 5. The summed E-state index contributed by atoms with van der Waals surface area (Å²) in [6.07, 6.45) is 16.8. The number of ketones is 2. The summed E-state index contributed by atoms with van der Waals surface area (Å²) in [5.74, 6) is -8.60. The predicted octanol–water partition coefficient (Wildman–Crippen LogP) is -3.48. The lowest BCUT2D eigenvalue weighted by atomic mass is 10.0. The quantitative estimate of drug-likeness (QED) is 0.0282. The fraction of sp³-hybridized carbons (Fsp3) is 0.794. The molecule has 0 spiro atoms. The van der Waals surface area contributed by atoms with Crippen LogP contribution in [0.5, 0.6) is 0 Å². The van der Waals surface area contributed by atoms with Crippen molar-refractivity contribution in [3.8, 4) is 0 Å². The number of tetrazole rings is 1. The van der Waals surface area contributed by atoms with Crippen LogP contribution in [0.2, 0.25) is 0 Å². The number of carbonyl (C=O) groups is 12. The zero-order chi connectivity index (χ0) is 72.9. The van der Waals surface area contributed by atoms with Crippen LogP contribution in [0.25, 0.3) is 0 Å². The lowest BCUT2D eigenvalue weighted by molar-refractivity contribution is -0.136. The monoisotopic (exact) mass is 1400 g/mol. The average Bonchev–Trinajstić information content (AvgIpc) is 0.954. The standard InChI is InChI=1S/C63H114N16O19/c1-44(79(4)5)23-26-52(84)49(39-80)72-59(90)46(24-27-53(64)85)69-61(92)48(29-31-78(2)3)71-63(94)51(41-82)73-60(91)47(25-28-54(65)86)70-62(93)50(40-81)68-56(87)38-67-58(89)43-98-37-35-96-33-30-66-57(88)42-97-36-34-95-32-19-21-45(83)20-17-15-13-11-9-7-6-8-10-12-14-16-18-22-55-74-76-77-75-55/h44,46-51,80-82H,6-43H2,1-5H3,(H2,64,85)(H2,65,86)(H,66,88)(H,67,89)(H,68,87)(H,69,92)(H,70,93)(H,71,94)(H,72,90)(H,73,91)(H,74,75,76,77)/t44-,46+,47+,48+,49+,50-,51+/m1/s1. The SMILES string of the molecule is C[C@H](CCC(=O)[C@H](CO)NC(=O)[C@H](CCC(N)=O)NC(=O)[C@H](CCN(C)C)NC(=O)[C@H](CO)NC(=O)[C@H](CCC(N)=O)NC(=O)[C@@H](CO)NC(=O)CNC(=O)COCCOCCNC(=O)COCCOCCCC(=O)CCCCCCCCCCCCCCCc1nn[nH]n1)N(C)C. The summed E-state index contributed by atoms with van der Waals surface area (Å²) in [5.41, 5.74) is 10.6. The van der Waals surface area contributed by atoms with Gasteiger partial charge in [0, 0.05) is 57.7 Å². The molecule has 1 rings (SSSR count). The molecule has 98 heavy (non-hydrogen) atoms. The van der Waals surface area contributed by atoms with E-state index < -0.39 is 147 Å². The van der Waals surface area contributed by atoms with Gasteiger partial charge in [-0.05, 0) is 86.6 Å². The summed E-state index contributed by atoms with van der Waals surface area (Å²) in [7, 11) is 6.96. The van der Waals surface area contributed by atoms with Gasteiger partial charge < -0.3 is 98.1 Å². The Morgan fingerprint density at radius 2 is 0.888 bits per heavy atom. The third kappa shape index (κ3) is 45.4. The van der Waals surface area contributed by atoms with Gasteiger partial charge >= 0.3 is 0 Å². The summed E-state index contributed by atoms with van der Waals surface area (Å²) in [4.78, 5) is 158. The number of aromatic amines is 1. The molecule has 0 aliphatic carbocycles.